The van der Waals surface area contributed by atoms with Crippen LogP contribution in [0.1, 0.15) is 46.4 Å². The van der Waals surface area contributed by atoms with E-state index >= 15 is 0 Å². The lowest BCUT2D eigenvalue weighted by atomic mass is 9.59. The zero-order valence-corrected chi connectivity index (χ0v) is 17.8. The van der Waals surface area contributed by atoms with Gasteiger partial charge in [0.05, 0.1) is 23.6 Å². The zero-order chi connectivity index (χ0) is 22.9. The number of carbonyl (C=O) groups is 1. The Kier molecular flexibility index (Phi) is 5.36. The van der Waals surface area contributed by atoms with Gasteiger partial charge < -0.3 is 14.6 Å². The van der Waals surface area contributed by atoms with Crippen molar-refractivity contribution in [3.8, 4) is 0 Å². The maximum absolute atomic E-state index is 13.9. The predicted molar refractivity (Wildman–Crippen MR) is 119 cm³/mol. The Hall–Kier alpha value is -3.68. The van der Waals surface area contributed by atoms with E-state index in [0.717, 1.165) is 0 Å². The third-order valence-corrected chi connectivity index (χ3v) is 6.39. The van der Waals surface area contributed by atoms with E-state index in [2.05, 4.69) is 15.0 Å². The molecule has 0 saturated heterocycles. The van der Waals surface area contributed by atoms with Gasteiger partial charge >= 0.3 is 0 Å². The van der Waals surface area contributed by atoms with Crippen LogP contribution in [0.3, 0.4) is 0 Å². The number of carbonyl (C=O) groups excluding carboxylic acids is 1. The van der Waals surface area contributed by atoms with Crippen LogP contribution < -0.4 is 0 Å². The van der Waals surface area contributed by atoms with Gasteiger partial charge in [-0.1, -0.05) is 18.2 Å². The van der Waals surface area contributed by atoms with Crippen LogP contribution in [-0.4, -0.2) is 30.9 Å². The van der Waals surface area contributed by atoms with Gasteiger partial charge in [-0.2, -0.15) is 0 Å². The van der Waals surface area contributed by atoms with Crippen LogP contribution in [0.15, 0.2) is 96.0 Å². The second-order valence-corrected chi connectivity index (χ2v) is 8.45. The first kappa shape index (κ1) is 21.2. The Morgan fingerprint density at radius 3 is 2.09 bits per heavy atom. The summed E-state index contributed by atoms with van der Waals surface area (Å²) in [6.07, 6.45) is 6.20. The second-order valence-electron chi connectivity index (χ2n) is 8.45. The van der Waals surface area contributed by atoms with E-state index in [1.54, 1.807) is 85.3 Å². The van der Waals surface area contributed by atoms with Crippen molar-refractivity contribution < 1.29 is 19.4 Å². The molecule has 4 aromatic heterocycles. The molecule has 0 aromatic carbocycles. The van der Waals surface area contributed by atoms with E-state index in [1.165, 1.54) is 6.26 Å². The quantitative estimate of drug-likeness (QED) is 0.455. The number of furan rings is 1. The van der Waals surface area contributed by atoms with Crippen molar-refractivity contribution in [3.05, 3.63) is 114 Å². The molecule has 4 aromatic rings. The molecule has 1 fully saturated rings. The van der Waals surface area contributed by atoms with Gasteiger partial charge in [0.25, 0.3) is 0 Å². The summed E-state index contributed by atoms with van der Waals surface area (Å²) < 4.78 is 5.71. The molecule has 0 bridgehead atoms. The van der Waals surface area contributed by atoms with Crippen LogP contribution in [-0.2, 0) is 11.2 Å². The molecular weight excluding hydrogens is 418 g/mol. The van der Waals surface area contributed by atoms with Crippen molar-refractivity contribution >= 4 is 5.78 Å². The van der Waals surface area contributed by atoms with E-state index in [4.69, 9.17) is 4.42 Å². The lowest BCUT2D eigenvalue weighted by molar-refractivity contribution is -0.146. The van der Waals surface area contributed by atoms with E-state index in [-0.39, 0.29) is 24.3 Å². The topological polar surface area (TPSA) is 109 Å². The predicted octanol–water partition coefficient (Wildman–Crippen LogP) is 3.62. The van der Waals surface area contributed by atoms with Crippen LogP contribution in [0.2, 0.25) is 0 Å². The molecule has 7 heteroatoms. The number of hydrogen-bond acceptors (Lipinski definition) is 7. The van der Waals surface area contributed by atoms with Crippen molar-refractivity contribution in [2.45, 2.75) is 30.0 Å². The number of aromatic nitrogens is 3. The van der Waals surface area contributed by atoms with E-state index in [9.17, 15) is 15.0 Å². The summed E-state index contributed by atoms with van der Waals surface area (Å²) in [6.45, 7) is 0. The number of Topliss-reactive ketones (excluding diaryl/α,β-unsaturated/α-hetero) is 1. The molecule has 0 aliphatic heterocycles. The second kappa shape index (κ2) is 8.35. The highest BCUT2D eigenvalue weighted by molar-refractivity contribution is 5.97. The molecule has 7 nitrogen and oxygen atoms in total. The van der Waals surface area contributed by atoms with Crippen molar-refractivity contribution in [2.75, 3.05) is 0 Å². The van der Waals surface area contributed by atoms with Gasteiger partial charge in [0.15, 0.2) is 5.78 Å². The highest BCUT2D eigenvalue weighted by atomic mass is 16.3. The Morgan fingerprint density at radius 2 is 1.52 bits per heavy atom. The van der Waals surface area contributed by atoms with Crippen molar-refractivity contribution in [1.29, 1.82) is 0 Å². The number of rotatable bonds is 5. The van der Waals surface area contributed by atoms with Crippen LogP contribution in [0.4, 0.5) is 0 Å². The van der Waals surface area contributed by atoms with Crippen molar-refractivity contribution in [3.63, 3.8) is 0 Å². The van der Waals surface area contributed by atoms with Gasteiger partial charge in [0.2, 0.25) is 0 Å². The van der Waals surface area contributed by atoms with Crippen LogP contribution in [0.25, 0.3) is 0 Å². The summed E-state index contributed by atoms with van der Waals surface area (Å²) in [4.78, 5) is 26.8. The van der Waals surface area contributed by atoms with E-state index in [0.29, 0.717) is 17.1 Å². The fourth-order valence-corrected chi connectivity index (χ4v) is 4.98. The minimum absolute atomic E-state index is 0.135. The SMILES string of the molecule is O=C(c1ccccn1)[C@@H]1[C@@H](c2ccco2)C[C@@](O)(c2ccccn2)C[C@@]1(O)c1ccccn1. The number of aliphatic hydroxyl groups is 2. The van der Waals surface area contributed by atoms with Gasteiger partial charge in [-0.25, -0.2) is 0 Å². The number of ketones is 1. The summed E-state index contributed by atoms with van der Waals surface area (Å²) >= 11 is 0. The summed E-state index contributed by atoms with van der Waals surface area (Å²) in [5, 5.41) is 24.1. The van der Waals surface area contributed by atoms with Crippen molar-refractivity contribution in [1.82, 2.24) is 15.0 Å². The Morgan fingerprint density at radius 1 is 0.848 bits per heavy atom. The normalized spacial score (nSPS) is 27.2. The standard InChI is InChI=1S/C26H23N3O4/c30-24(19-8-1-4-12-27-19)23-18(20-9-7-15-33-20)16-25(31,21-10-2-5-13-28-21)17-26(23,32)22-11-3-6-14-29-22/h1-15,18,23,31-32H,16-17H2/t18-,23+,25+,26-/m1/s1. The monoisotopic (exact) mass is 441 g/mol. The van der Waals surface area contributed by atoms with E-state index < -0.39 is 23.0 Å². The van der Waals surface area contributed by atoms with E-state index in [1.807, 2.05) is 0 Å². The van der Waals surface area contributed by atoms with Gasteiger partial charge in [0, 0.05) is 30.9 Å². The summed E-state index contributed by atoms with van der Waals surface area (Å²) in [5.74, 6) is -1.49. The molecule has 1 aliphatic rings. The largest absolute Gasteiger partial charge is 0.469 e. The van der Waals surface area contributed by atoms with Crippen LogP contribution >= 0.6 is 0 Å². The Balaban J connectivity index is 1.71. The maximum Gasteiger partial charge on any atom is 0.188 e. The van der Waals surface area contributed by atoms with Gasteiger partial charge in [-0.05, 0) is 55.0 Å². The minimum atomic E-state index is -1.81. The average Bonchev–Trinajstić information content (AvgIpc) is 3.40. The highest BCUT2D eigenvalue weighted by Gasteiger charge is 2.59. The number of pyridine rings is 3. The molecule has 2 N–H and O–H groups in total. The molecule has 4 atom stereocenters. The summed E-state index contributed by atoms with van der Waals surface area (Å²) in [7, 11) is 0. The Bertz CT molecular complexity index is 1220. The molecule has 0 unspecified atom stereocenters. The fourth-order valence-electron chi connectivity index (χ4n) is 4.98. The smallest absolute Gasteiger partial charge is 0.188 e. The third-order valence-electron chi connectivity index (χ3n) is 6.39. The first-order chi connectivity index (χ1) is 16.0. The number of nitrogens with zero attached hydrogens (tertiary/aromatic N) is 3. The number of hydrogen-bond donors (Lipinski definition) is 2. The highest BCUT2D eigenvalue weighted by Crippen LogP contribution is 2.55. The third kappa shape index (κ3) is 3.75. The molecule has 1 aliphatic carbocycles. The lowest BCUT2D eigenvalue weighted by Gasteiger charge is -2.49. The minimum Gasteiger partial charge on any atom is -0.469 e. The lowest BCUT2D eigenvalue weighted by Crippen LogP contribution is -2.54. The molecular formula is C26H23N3O4. The molecule has 0 amide bonds. The summed E-state index contributed by atoms with van der Waals surface area (Å²) in [5.41, 5.74) is -2.38. The molecule has 33 heavy (non-hydrogen) atoms. The molecule has 5 rings (SSSR count). The zero-order valence-electron chi connectivity index (χ0n) is 17.8. The molecule has 1 saturated carbocycles. The van der Waals surface area contributed by atoms with Gasteiger partial charge in [-0.15, -0.1) is 0 Å². The van der Waals surface area contributed by atoms with Crippen LogP contribution in [0.5, 0.6) is 0 Å². The molecule has 4 heterocycles. The summed E-state index contributed by atoms with van der Waals surface area (Å²) in [6, 6.07) is 19.0. The van der Waals surface area contributed by atoms with Crippen molar-refractivity contribution in [2.24, 2.45) is 5.92 Å². The maximum atomic E-state index is 13.9. The molecule has 166 valence electrons. The van der Waals surface area contributed by atoms with Crippen LogP contribution in [0, 0.1) is 5.92 Å². The van der Waals surface area contributed by atoms with Gasteiger partial charge in [-0.3, -0.25) is 19.7 Å². The molecule has 0 spiro atoms. The molecule has 0 radical (unpaired) electrons. The first-order valence-corrected chi connectivity index (χ1v) is 10.8. The Labute approximate surface area is 190 Å². The first-order valence-electron chi connectivity index (χ1n) is 10.8. The van der Waals surface area contributed by atoms with Gasteiger partial charge in [0.1, 0.15) is 22.7 Å². The fraction of sp³-hybridized carbons (Fsp3) is 0.231. The average molecular weight is 441 g/mol.